The van der Waals surface area contributed by atoms with Gasteiger partial charge >= 0.3 is 0 Å². The number of amides is 1. The highest BCUT2D eigenvalue weighted by Crippen LogP contribution is 2.37. The topological polar surface area (TPSA) is 116 Å². The lowest BCUT2D eigenvalue weighted by Crippen LogP contribution is -2.18. The molecule has 1 fully saturated rings. The molecule has 1 amide bonds. The zero-order valence-electron chi connectivity index (χ0n) is 22.0. The summed E-state index contributed by atoms with van der Waals surface area (Å²) in [6.07, 6.45) is 8.10. The first-order chi connectivity index (χ1) is 18.1. The van der Waals surface area contributed by atoms with E-state index in [1.807, 2.05) is 32.2 Å². The van der Waals surface area contributed by atoms with Crippen LogP contribution in [0, 0.1) is 18.8 Å². The summed E-state index contributed by atoms with van der Waals surface area (Å²) in [5.41, 5.74) is 4.85. The van der Waals surface area contributed by atoms with Crippen molar-refractivity contribution < 1.29 is 13.7 Å². The number of pyridine rings is 1. The molecule has 0 radical (unpaired) electrons. The van der Waals surface area contributed by atoms with Crippen LogP contribution in [0.4, 0.5) is 11.6 Å². The average molecular weight is 534 g/mol. The number of carbonyl (C=O) groups excluding carboxylic acids is 1. The number of nitrogens with one attached hydrogen (secondary N) is 1. The Balaban J connectivity index is 1.48. The van der Waals surface area contributed by atoms with Gasteiger partial charge < -0.3 is 9.30 Å². The summed E-state index contributed by atoms with van der Waals surface area (Å²) in [4.78, 5) is 23.0. The van der Waals surface area contributed by atoms with Crippen molar-refractivity contribution >= 4 is 38.3 Å². The number of anilines is 1. The summed E-state index contributed by atoms with van der Waals surface area (Å²) in [5.74, 6) is 1.70. The molecule has 1 aliphatic heterocycles. The fraction of sp³-hybridized carbons (Fsp3) is 0.407. The molecule has 1 N–H and O–H groups in total. The smallest absolute Gasteiger partial charge is 0.258 e. The first-order valence-electron chi connectivity index (χ1n) is 12.8. The lowest BCUT2D eigenvalue weighted by Gasteiger charge is -2.16. The number of aryl methyl sites for hydroxylation is 2. The van der Waals surface area contributed by atoms with Gasteiger partial charge in [0.2, 0.25) is 11.8 Å². The molecule has 2 unspecified atom stereocenters. The van der Waals surface area contributed by atoms with Crippen molar-refractivity contribution in [3.8, 4) is 17.1 Å². The Kier molecular flexibility index (Phi) is 5.97. The quantitative estimate of drug-likeness (QED) is 0.383. The summed E-state index contributed by atoms with van der Waals surface area (Å²) in [5, 5.41) is 7.46. The maximum atomic E-state index is 13.5. The zero-order chi connectivity index (χ0) is 26.6. The first-order valence-corrected chi connectivity index (χ1v) is 15.1. The maximum Gasteiger partial charge on any atom is 0.258 e. The molecule has 4 bridgehead atoms. The van der Waals surface area contributed by atoms with Gasteiger partial charge in [-0.1, -0.05) is 0 Å². The highest BCUT2D eigenvalue weighted by molar-refractivity contribution is 7.92. The van der Waals surface area contributed by atoms with Crippen LogP contribution in [0.25, 0.3) is 22.3 Å². The predicted octanol–water partition coefficient (Wildman–Crippen LogP) is 4.56. The number of aromatic nitrogens is 5. The van der Waals surface area contributed by atoms with Crippen LogP contribution in [0.3, 0.4) is 0 Å². The number of ether oxygens (including phenoxy) is 1. The molecular formula is C27H31N7O3S. The molecule has 198 valence electrons. The van der Waals surface area contributed by atoms with E-state index < -0.39 is 9.73 Å². The van der Waals surface area contributed by atoms with Gasteiger partial charge in [-0.05, 0) is 68.4 Å². The number of imidazole rings is 1. The number of carbonyl (C=O) groups is 1. The van der Waals surface area contributed by atoms with Gasteiger partial charge in [0.1, 0.15) is 0 Å². The van der Waals surface area contributed by atoms with Crippen LogP contribution in [0.15, 0.2) is 40.9 Å². The van der Waals surface area contributed by atoms with Crippen molar-refractivity contribution in [2.24, 2.45) is 23.2 Å². The number of rotatable bonds is 1. The summed E-state index contributed by atoms with van der Waals surface area (Å²) in [6, 6.07) is 9.12. The molecular weight excluding hydrogens is 502 g/mol. The first kappa shape index (κ1) is 24.6. The fourth-order valence-corrected chi connectivity index (χ4v) is 6.16. The second-order valence-electron chi connectivity index (χ2n) is 10.7. The van der Waals surface area contributed by atoms with E-state index in [1.165, 1.54) is 0 Å². The molecule has 10 nitrogen and oxygen atoms in total. The lowest BCUT2D eigenvalue weighted by atomic mass is 10.1. The predicted molar refractivity (Wildman–Crippen MR) is 147 cm³/mol. The van der Waals surface area contributed by atoms with Crippen LogP contribution in [0.2, 0.25) is 0 Å². The Morgan fingerprint density at radius 3 is 2.76 bits per heavy atom. The number of benzene rings is 1. The highest BCUT2D eigenvalue weighted by Gasteiger charge is 2.29. The van der Waals surface area contributed by atoms with Gasteiger partial charge in [0.15, 0.2) is 0 Å². The largest absolute Gasteiger partial charge is 0.477 e. The Hall–Kier alpha value is -3.73. The van der Waals surface area contributed by atoms with Crippen LogP contribution in [-0.4, -0.2) is 53.6 Å². The van der Waals surface area contributed by atoms with Crippen LogP contribution < -0.4 is 10.1 Å². The van der Waals surface area contributed by atoms with Crippen molar-refractivity contribution in [1.82, 2.24) is 24.3 Å². The molecule has 0 saturated heterocycles. The Morgan fingerprint density at radius 1 is 1.13 bits per heavy atom. The van der Waals surface area contributed by atoms with Crippen molar-refractivity contribution in [3.05, 3.63) is 47.8 Å². The Morgan fingerprint density at radius 2 is 1.95 bits per heavy atom. The van der Waals surface area contributed by atoms with Crippen LogP contribution >= 0.6 is 0 Å². The lowest BCUT2D eigenvalue weighted by molar-refractivity contribution is 0.102. The van der Waals surface area contributed by atoms with E-state index >= 15 is 0 Å². The van der Waals surface area contributed by atoms with Gasteiger partial charge in [0.05, 0.1) is 40.8 Å². The van der Waals surface area contributed by atoms with Gasteiger partial charge in [-0.15, -0.1) is 0 Å². The standard InChI is InChI=1S/C27H31N7O3S/c1-16-9-19-11-23(29-16)21-13-28-33(2)26(21)37-15-18-6-5-17(10-18)14-34-24-12-20(32-38(3,4)36)7-8-22(24)30-27(34)31-25(19)35/h7-9,11-13,17-18H,5-6,10,14-15H2,1-4H3,(H,30,31,35). The molecule has 6 rings (SSSR count). The number of hydrogen-bond donors (Lipinski definition) is 1. The number of fused-ring (bicyclic) bond motifs is 9. The molecule has 0 spiro atoms. The molecule has 11 heteroatoms. The van der Waals surface area contributed by atoms with Crippen LogP contribution in [-0.2, 0) is 23.3 Å². The van der Waals surface area contributed by atoms with E-state index in [0.29, 0.717) is 59.5 Å². The minimum Gasteiger partial charge on any atom is -0.477 e. The van der Waals surface area contributed by atoms with Crippen molar-refractivity contribution in [2.45, 2.75) is 32.7 Å². The molecule has 1 aliphatic carbocycles. The van der Waals surface area contributed by atoms with E-state index in [0.717, 1.165) is 35.9 Å². The van der Waals surface area contributed by atoms with E-state index in [1.54, 1.807) is 35.5 Å². The summed E-state index contributed by atoms with van der Waals surface area (Å²) in [7, 11) is -0.461. The third-order valence-corrected chi connectivity index (χ3v) is 7.86. The third kappa shape index (κ3) is 4.78. The second-order valence-corrected chi connectivity index (χ2v) is 13.2. The summed E-state index contributed by atoms with van der Waals surface area (Å²) < 4.78 is 26.8. The van der Waals surface area contributed by atoms with Gasteiger partial charge in [0, 0.05) is 47.1 Å². The average Bonchev–Trinajstić information content (AvgIpc) is 3.54. The minimum atomic E-state index is -2.32. The fourth-order valence-electron chi connectivity index (χ4n) is 5.54. The van der Waals surface area contributed by atoms with Gasteiger partial charge in [-0.3, -0.25) is 15.1 Å². The third-order valence-electron chi connectivity index (χ3n) is 7.20. The van der Waals surface area contributed by atoms with Crippen LogP contribution in [0.5, 0.6) is 5.88 Å². The van der Waals surface area contributed by atoms with Crippen molar-refractivity contribution in [1.29, 1.82) is 0 Å². The molecule has 4 heterocycles. The van der Waals surface area contributed by atoms with Crippen molar-refractivity contribution in [3.63, 3.8) is 0 Å². The zero-order valence-corrected chi connectivity index (χ0v) is 22.8. The SMILES string of the molecule is Cc1cc2cc(n1)-c1cnn(C)c1OCC1CCC(C1)Cn1c(nc3ccc(N=S(C)(C)=O)cc31)NC2=O. The molecule has 1 aromatic carbocycles. The molecule has 2 aliphatic rings. The minimum absolute atomic E-state index is 0.270. The Labute approximate surface area is 221 Å². The van der Waals surface area contributed by atoms with E-state index in [4.69, 9.17) is 9.72 Å². The Bertz CT molecular complexity index is 1690. The van der Waals surface area contributed by atoms with Gasteiger partial charge in [0.25, 0.3) is 5.91 Å². The van der Waals surface area contributed by atoms with Crippen LogP contribution in [0.1, 0.15) is 35.3 Å². The normalized spacial score (nSPS) is 19.6. The monoisotopic (exact) mass is 533 g/mol. The van der Waals surface area contributed by atoms with E-state index in [2.05, 4.69) is 24.3 Å². The molecule has 4 aromatic rings. The molecule has 3 aromatic heterocycles. The highest BCUT2D eigenvalue weighted by atomic mass is 32.2. The van der Waals surface area contributed by atoms with Gasteiger partial charge in [-0.25, -0.2) is 13.9 Å². The van der Waals surface area contributed by atoms with Gasteiger partial charge in [-0.2, -0.15) is 9.46 Å². The van der Waals surface area contributed by atoms with E-state index in [9.17, 15) is 9.00 Å². The second kappa shape index (κ2) is 9.23. The maximum absolute atomic E-state index is 13.5. The number of nitrogens with zero attached hydrogens (tertiary/aromatic N) is 6. The van der Waals surface area contributed by atoms with E-state index in [-0.39, 0.29) is 5.91 Å². The molecule has 1 saturated carbocycles. The van der Waals surface area contributed by atoms with Crippen molar-refractivity contribution in [2.75, 3.05) is 24.4 Å². The summed E-state index contributed by atoms with van der Waals surface area (Å²) in [6.45, 7) is 3.17. The summed E-state index contributed by atoms with van der Waals surface area (Å²) >= 11 is 0. The molecule has 2 atom stereocenters. The molecule has 38 heavy (non-hydrogen) atoms. The number of hydrogen-bond acceptors (Lipinski definition) is 7.